The van der Waals surface area contributed by atoms with Crippen LogP contribution in [0.4, 0.5) is 0 Å². The molecule has 0 aromatic heterocycles. The molecule has 1 aromatic carbocycles. The molecule has 1 saturated heterocycles. The third kappa shape index (κ3) is 3.47. The Hall–Kier alpha value is -0.0900. The highest BCUT2D eigenvalue weighted by molar-refractivity contribution is 9.10. The topological polar surface area (TPSA) is 35.2 Å². The van der Waals surface area contributed by atoms with Gasteiger partial charge in [0.1, 0.15) is 0 Å². The second-order valence-electron chi connectivity index (χ2n) is 6.54. The molecule has 116 valence electrons. The van der Waals surface area contributed by atoms with Crippen LogP contribution in [0.3, 0.4) is 0 Å². The Morgan fingerprint density at radius 2 is 2.05 bits per heavy atom. The van der Waals surface area contributed by atoms with Crippen LogP contribution in [0, 0.1) is 5.92 Å². The largest absolute Gasteiger partial charge is 0.375 e. The van der Waals surface area contributed by atoms with Crippen molar-refractivity contribution in [2.75, 3.05) is 6.61 Å². The van der Waals surface area contributed by atoms with E-state index in [0.29, 0.717) is 5.92 Å². The van der Waals surface area contributed by atoms with E-state index in [1.165, 1.54) is 32.1 Å². The molecular formula is C17H23BrClNO. The van der Waals surface area contributed by atoms with Crippen LogP contribution in [0.15, 0.2) is 22.7 Å². The van der Waals surface area contributed by atoms with Gasteiger partial charge in [0, 0.05) is 22.1 Å². The Bertz CT molecular complexity index is 496. The van der Waals surface area contributed by atoms with Gasteiger partial charge in [-0.05, 0) is 55.4 Å². The predicted molar refractivity (Wildman–Crippen MR) is 90.6 cm³/mol. The highest BCUT2D eigenvalue weighted by atomic mass is 79.9. The van der Waals surface area contributed by atoms with Gasteiger partial charge in [0.2, 0.25) is 0 Å². The molecule has 1 aliphatic carbocycles. The number of hydrogen-bond donors (Lipinski definition) is 1. The van der Waals surface area contributed by atoms with Gasteiger partial charge in [-0.3, -0.25) is 0 Å². The van der Waals surface area contributed by atoms with Crippen LogP contribution in [-0.4, -0.2) is 12.2 Å². The first kappa shape index (κ1) is 15.8. The third-order valence-corrected chi connectivity index (χ3v) is 5.96. The molecule has 2 atom stereocenters. The van der Waals surface area contributed by atoms with Gasteiger partial charge in [-0.25, -0.2) is 0 Å². The van der Waals surface area contributed by atoms with E-state index in [0.717, 1.165) is 34.5 Å². The lowest BCUT2D eigenvalue weighted by Crippen LogP contribution is -2.44. The Balaban J connectivity index is 1.77. The first-order valence-electron chi connectivity index (χ1n) is 7.94. The Labute approximate surface area is 140 Å². The average molecular weight is 373 g/mol. The number of ether oxygens (including phenoxy) is 1. The van der Waals surface area contributed by atoms with Crippen molar-refractivity contribution in [2.45, 2.75) is 56.6 Å². The average Bonchev–Trinajstić information content (AvgIpc) is 2.50. The van der Waals surface area contributed by atoms with Crippen LogP contribution >= 0.6 is 27.5 Å². The van der Waals surface area contributed by atoms with Crippen molar-refractivity contribution in [2.24, 2.45) is 11.7 Å². The van der Waals surface area contributed by atoms with Crippen molar-refractivity contribution in [3.8, 4) is 0 Å². The van der Waals surface area contributed by atoms with Gasteiger partial charge in [0.25, 0.3) is 0 Å². The molecule has 2 fully saturated rings. The molecule has 2 nitrogen and oxygen atoms in total. The fourth-order valence-corrected chi connectivity index (χ4v) is 4.56. The lowest BCUT2D eigenvalue weighted by atomic mass is 9.73. The molecule has 3 rings (SSSR count). The summed E-state index contributed by atoms with van der Waals surface area (Å²) >= 11 is 9.88. The zero-order chi connectivity index (χ0) is 14.9. The van der Waals surface area contributed by atoms with Gasteiger partial charge >= 0.3 is 0 Å². The van der Waals surface area contributed by atoms with Crippen molar-refractivity contribution in [3.05, 3.63) is 33.3 Å². The van der Waals surface area contributed by atoms with Gasteiger partial charge < -0.3 is 10.5 Å². The summed E-state index contributed by atoms with van der Waals surface area (Å²) in [5, 5.41) is 0.773. The van der Waals surface area contributed by atoms with Gasteiger partial charge in [0.05, 0.1) is 5.60 Å². The second kappa shape index (κ2) is 6.57. The van der Waals surface area contributed by atoms with Crippen LogP contribution in [0.25, 0.3) is 0 Å². The molecule has 4 heteroatoms. The SMILES string of the molecule is NC(c1cc(Br)ccc1Cl)C1CCOC2(CCCCC2)C1. The Morgan fingerprint density at radius 1 is 1.29 bits per heavy atom. The molecule has 0 amide bonds. The van der Waals surface area contributed by atoms with Gasteiger partial charge in [-0.15, -0.1) is 0 Å². The Morgan fingerprint density at radius 3 is 2.81 bits per heavy atom. The summed E-state index contributed by atoms with van der Waals surface area (Å²) in [6.45, 7) is 0.837. The summed E-state index contributed by atoms with van der Waals surface area (Å²) < 4.78 is 7.22. The summed E-state index contributed by atoms with van der Waals surface area (Å²) in [4.78, 5) is 0. The smallest absolute Gasteiger partial charge is 0.0685 e. The van der Waals surface area contributed by atoms with E-state index in [-0.39, 0.29) is 11.6 Å². The van der Waals surface area contributed by atoms with E-state index in [4.69, 9.17) is 22.1 Å². The Kier molecular flexibility index (Phi) is 4.94. The van der Waals surface area contributed by atoms with E-state index in [1.54, 1.807) is 0 Å². The summed E-state index contributed by atoms with van der Waals surface area (Å²) in [5.41, 5.74) is 7.72. The summed E-state index contributed by atoms with van der Waals surface area (Å²) in [5.74, 6) is 0.462. The predicted octanol–water partition coefficient (Wildman–Crippen LogP) is 5.23. The van der Waals surface area contributed by atoms with Gasteiger partial charge in [-0.2, -0.15) is 0 Å². The maximum absolute atomic E-state index is 6.57. The van der Waals surface area contributed by atoms with Crippen molar-refractivity contribution in [1.29, 1.82) is 0 Å². The third-order valence-electron chi connectivity index (χ3n) is 5.12. The highest BCUT2D eigenvalue weighted by Crippen LogP contribution is 2.44. The van der Waals surface area contributed by atoms with Crippen molar-refractivity contribution < 1.29 is 4.74 Å². The summed E-state index contributed by atoms with van der Waals surface area (Å²) in [6, 6.07) is 5.95. The van der Waals surface area contributed by atoms with Crippen molar-refractivity contribution >= 4 is 27.5 Å². The quantitative estimate of drug-likeness (QED) is 0.771. The van der Waals surface area contributed by atoms with Gasteiger partial charge in [-0.1, -0.05) is 46.8 Å². The second-order valence-corrected chi connectivity index (χ2v) is 7.86. The first-order valence-corrected chi connectivity index (χ1v) is 9.11. The van der Waals surface area contributed by atoms with Crippen molar-refractivity contribution in [3.63, 3.8) is 0 Å². The number of nitrogens with two attached hydrogens (primary N) is 1. The molecule has 0 bridgehead atoms. The van der Waals surface area contributed by atoms with E-state index in [9.17, 15) is 0 Å². The minimum Gasteiger partial charge on any atom is -0.375 e. The molecule has 1 saturated carbocycles. The standard InChI is InChI=1S/C17H23BrClNO/c18-13-4-5-15(19)14(10-13)16(20)12-6-9-21-17(11-12)7-2-1-3-8-17/h4-5,10,12,16H,1-3,6-9,11,20H2. The molecule has 2 unspecified atom stereocenters. The fourth-order valence-electron chi connectivity index (χ4n) is 3.94. The van der Waals surface area contributed by atoms with Gasteiger partial charge in [0.15, 0.2) is 0 Å². The van der Waals surface area contributed by atoms with Crippen LogP contribution in [0.1, 0.15) is 56.6 Å². The minimum absolute atomic E-state index is 0.00213. The van der Waals surface area contributed by atoms with E-state index in [2.05, 4.69) is 22.0 Å². The zero-order valence-corrected chi connectivity index (χ0v) is 14.6. The molecule has 0 radical (unpaired) electrons. The minimum atomic E-state index is -0.00213. The van der Waals surface area contributed by atoms with Crippen LogP contribution in [0.2, 0.25) is 5.02 Å². The molecular weight excluding hydrogens is 350 g/mol. The fraction of sp³-hybridized carbons (Fsp3) is 0.647. The number of halogens is 2. The highest BCUT2D eigenvalue weighted by Gasteiger charge is 2.40. The lowest BCUT2D eigenvalue weighted by molar-refractivity contribution is -0.120. The van der Waals surface area contributed by atoms with Crippen LogP contribution in [0.5, 0.6) is 0 Å². The molecule has 1 heterocycles. The maximum Gasteiger partial charge on any atom is 0.0685 e. The number of benzene rings is 1. The first-order chi connectivity index (χ1) is 10.1. The maximum atomic E-state index is 6.57. The van der Waals surface area contributed by atoms with E-state index < -0.39 is 0 Å². The molecule has 2 aliphatic rings. The lowest BCUT2D eigenvalue weighted by Gasteiger charge is -2.45. The molecule has 1 spiro atoms. The molecule has 1 aliphatic heterocycles. The normalized spacial score (nSPS) is 26.7. The molecule has 2 N–H and O–H groups in total. The number of hydrogen-bond acceptors (Lipinski definition) is 2. The van der Waals surface area contributed by atoms with Crippen LogP contribution in [-0.2, 0) is 4.74 Å². The van der Waals surface area contributed by atoms with Crippen LogP contribution < -0.4 is 5.73 Å². The molecule has 21 heavy (non-hydrogen) atoms. The number of rotatable bonds is 2. The van der Waals surface area contributed by atoms with E-state index in [1.807, 2.05) is 12.1 Å². The zero-order valence-electron chi connectivity index (χ0n) is 12.3. The van der Waals surface area contributed by atoms with E-state index >= 15 is 0 Å². The monoisotopic (exact) mass is 371 g/mol. The summed E-state index contributed by atoms with van der Waals surface area (Å²) in [6.07, 6.45) is 8.44. The van der Waals surface area contributed by atoms with Crippen molar-refractivity contribution in [1.82, 2.24) is 0 Å². The molecule has 1 aromatic rings. The summed E-state index contributed by atoms with van der Waals surface area (Å²) in [7, 11) is 0.